The van der Waals surface area contributed by atoms with E-state index in [1.54, 1.807) is 0 Å². The standard InChI is InChI=1S/C21H20F3N7O5/c22-21(23,24)36-14-3-4-15(11-1-2-11)16(8-14)18-28-29-19(35-18)17(32)27-12-7-13(30(9-12)20(33)34)10-31-25-5-6-26-31/h3-6,8,11-13H,1-2,7,9-10H2,(H,27,32)(H,33,34)/t12-,13+/m1/s1. The zero-order valence-corrected chi connectivity index (χ0v) is 18.6. The number of benzene rings is 1. The van der Waals surface area contributed by atoms with E-state index in [2.05, 4.69) is 30.4 Å². The highest BCUT2D eigenvalue weighted by atomic mass is 19.4. The number of hydrogen-bond acceptors (Lipinski definition) is 8. The number of ether oxygens (including phenoxy) is 1. The molecule has 3 aromatic rings. The fourth-order valence-corrected chi connectivity index (χ4v) is 4.29. The number of hydrogen-bond donors (Lipinski definition) is 2. The van der Waals surface area contributed by atoms with Gasteiger partial charge in [0.15, 0.2) is 0 Å². The third kappa shape index (κ3) is 5.23. The molecule has 3 heterocycles. The molecule has 0 unspecified atom stereocenters. The quantitative estimate of drug-likeness (QED) is 0.492. The maximum absolute atomic E-state index is 12.8. The van der Waals surface area contributed by atoms with E-state index in [9.17, 15) is 27.9 Å². The molecule has 0 spiro atoms. The molecule has 15 heteroatoms. The number of carbonyl (C=O) groups excluding carboxylic acids is 1. The lowest BCUT2D eigenvalue weighted by Gasteiger charge is -2.20. The van der Waals surface area contributed by atoms with Gasteiger partial charge in [-0.15, -0.1) is 23.4 Å². The van der Waals surface area contributed by atoms with Crippen LogP contribution in [0.15, 0.2) is 35.0 Å². The number of nitrogens with one attached hydrogen (secondary N) is 1. The van der Waals surface area contributed by atoms with Crippen LogP contribution in [0.3, 0.4) is 0 Å². The summed E-state index contributed by atoms with van der Waals surface area (Å²) >= 11 is 0. The number of halogens is 3. The van der Waals surface area contributed by atoms with Crippen LogP contribution in [0.2, 0.25) is 0 Å². The molecular weight excluding hydrogens is 487 g/mol. The van der Waals surface area contributed by atoms with Crippen molar-refractivity contribution in [2.24, 2.45) is 0 Å². The van der Waals surface area contributed by atoms with E-state index < -0.39 is 42.1 Å². The van der Waals surface area contributed by atoms with Gasteiger partial charge in [0.1, 0.15) is 5.75 Å². The zero-order valence-electron chi connectivity index (χ0n) is 18.6. The SMILES string of the molecule is O=C(N[C@@H]1C[C@@H](Cn2nccn2)N(C(=O)O)C1)c1nnc(-c2cc(OC(F)(F)F)ccc2C2CC2)o1. The maximum atomic E-state index is 12.8. The second-order valence-electron chi connectivity index (χ2n) is 8.56. The molecule has 2 aliphatic rings. The highest BCUT2D eigenvalue weighted by Gasteiger charge is 2.38. The number of carboxylic acid groups (broad SMARTS) is 1. The van der Waals surface area contributed by atoms with Gasteiger partial charge in [0.25, 0.3) is 0 Å². The second-order valence-corrected chi connectivity index (χ2v) is 8.56. The van der Waals surface area contributed by atoms with Crippen LogP contribution in [0, 0.1) is 0 Å². The van der Waals surface area contributed by atoms with Crippen LogP contribution in [0.5, 0.6) is 5.75 Å². The smallest absolute Gasteiger partial charge is 0.465 e. The Labute approximate surface area is 201 Å². The Bertz CT molecular complexity index is 1260. The number of aromatic nitrogens is 5. The first kappa shape index (κ1) is 23.6. The average molecular weight is 507 g/mol. The van der Waals surface area contributed by atoms with Crippen molar-refractivity contribution in [1.29, 1.82) is 0 Å². The third-order valence-electron chi connectivity index (χ3n) is 5.96. The Balaban J connectivity index is 1.30. The second kappa shape index (κ2) is 9.13. The molecule has 1 aliphatic heterocycles. The van der Waals surface area contributed by atoms with Crippen molar-refractivity contribution in [2.45, 2.75) is 50.2 Å². The van der Waals surface area contributed by atoms with Gasteiger partial charge in [-0.1, -0.05) is 6.07 Å². The molecule has 2 aromatic heterocycles. The van der Waals surface area contributed by atoms with Crippen LogP contribution >= 0.6 is 0 Å². The predicted octanol–water partition coefficient (Wildman–Crippen LogP) is 2.66. The molecule has 5 rings (SSSR count). The number of rotatable bonds is 7. The van der Waals surface area contributed by atoms with Gasteiger partial charge in [-0.05, 0) is 42.9 Å². The molecule has 190 valence electrons. The maximum Gasteiger partial charge on any atom is 0.573 e. The Morgan fingerprint density at radius 3 is 2.61 bits per heavy atom. The topological polar surface area (TPSA) is 148 Å². The summed E-state index contributed by atoms with van der Waals surface area (Å²) in [6.07, 6.45) is -1.01. The van der Waals surface area contributed by atoms with E-state index in [1.165, 1.54) is 34.2 Å². The van der Waals surface area contributed by atoms with Crippen molar-refractivity contribution in [1.82, 2.24) is 35.4 Å². The van der Waals surface area contributed by atoms with E-state index in [0.29, 0.717) is 6.42 Å². The minimum absolute atomic E-state index is 0.0384. The van der Waals surface area contributed by atoms with Crippen LogP contribution in [-0.4, -0.2) is 72.2 Å². The lowest BCUT2D eigenvalue weighted by atomic mass is 10.0. The molecule has 2 atom stereocenters. The fraction of sp³-hybridized carbons (Fsp3) is 0.429. The molecule has 1 aliphatic carbocycles. The summed E-state index contributed by atoms with van der Waals surface area (Å²) in [6.45, 7) is 0.257. The molecule has 2 fully saturated rings. The van der Waals surface area contributed by atoms with Gasteiger partial charge in [-0.2, -0.15) is 15.0 Å². The minimum atomic E-state index is -4.87. The summed E-state index contributed by atoms with van der Waals surface area (Å²) in [4.78, 5) is 27.0. The number of alkyl halides is 3. The highest BCUT2D eigenvalue weighted by Crippen LogP contribution is 2.45. The summed E-state index contributed by atoms with van der Waals surface area (Å²) in [5.41, 5.74) is 0.985. The minimum Gasteiger partial charge on any atom is -0.465 e. The van der Waals surface area contributed by atoms with E-state index in [0.717, 1.165) is 24.5 Å². The fourth-order valence-electron chi connectivity index (χ4n) is 4.29. The lowest BCUT2D eigenvalue weighted by Crippen LogP contribution is -2.39. The van der Waals surface area contributed by atoms with Gasteiger partial charge in [-0.25, -0.2) is 4.79 Å². The summed E-state index contributed by atoms with van der Waals surface area (Å²) in [5.74, 6) is -1.53. The molecule has 0 bridgehead atoms. The first-order valence-electron chi connectivity index (χ1n) is 11.0. The molecule has 2 amide bonds. The Hall–Kier alpha value is -4.17. The van der Waals surface area contributed by atoms with E-state index in [-0.39, 0.29) is 30.5 Å². The molecule has 1 aromatic carbocycles. The molecule has 2 N–H and O–H groups in total. The molecule has 0 radical (unpaired) electrons. The van der Waals surface area contributed by atoms with Crippen molar-refractivity contribution < 1.29 is 37.0 Å². The average Bonchev–Trinajstić information content (AvgIpc) is 3.19. The predicted molar refractivity (Wildman–Crippen MR) is 113 cm³/mol. The van der Waals surface area contributed by atoms with Gasteiger partial charge in [0, 0.05) is 18.2 Å². The first-order chi connectivity index (χ1) is 17.2. The summed E-state index contributed by atoms with van der Waals surface area (Å²) < 4.78 is 47.6. The van der Waals surface area contributed by atoms with Crippen molar-refractivity contribution >= 4 is 12.0 Å². The van der Waals surface area contributed by atoms with E-state index >= 15 is 0 Å². The number of carbonyl (C=O) groups is 2. The third-order valence-corrected chi connectivity index (χ3v) is 5.96. The van der Waals surface area contributed by atoms with Crippen molar-refractivity contribution in [2.75, 3.05) is 6.54 Å². The molecule has 12 nitrogen and oxygen atoms in total. The van der Waals surface area contributed by atoms with Gasteiger partial charge in [-0.3, -0.25) is 4.79 Å². The van der Waals surface area contributed by atoms with Crippen molar-refractivity contribution in [3.8, 4) is 17.2 Å². The van der Waals surface area contributed by atoms with Gasteiger partial charge in [0.05, 0.1) is 25.0 Å². The summed E-state index contributed by atoms with van der Waals surface area (Å²) in [7, 11) is 0. The number of amides is 2. The molecular formula is C21H20F3N7O5. The first-order valence-corrected chi connectivity index (χ1v) is 11.0. The van der Waals surface area contributed by atoms with Gasteiger partial charge < -0.3 is 24.5 Å². The Morgan fingerprint density at radius 1 is 1.19 bits per heavy atom. The van der Waals surface area contributed by atoms with Crippen molar-refractivity contribution in [3.05, 3.63) is 42.0 Å². The Morgan fingerprint density at radius 2 is 1.94 bits per heavy atom. The number of nitrogens with zero attached hydrogens (tertiary/aromatic N) is 6. The van der Waals surface area contributed by atoms with E-state index in [4.69, 9.17) is 4.42 Å². The van der Waals surface area contributed by atoms with Crippen molar-refractivity contribution in [3.63, 3.8) is 0 Å². The van der Waals surface area contributed by atoms with Crippen LogP contribution in [-0.2, 0) is 6.54 Å². The summed E-state index contributed by atoms with van der Waals surface area (Å²) in [6, 6.07) is 2.90. The zero-order chi connectivity index (χ0) is 25.4. The van der Waals surface area contributed by atoms with Crippen LogP contribution in [0.4, 0.5) is 18.0 Å². The largest absolute Gasteiger partial charge is 0.573 e. The molecule has 1 saturated heterocycles. The van der Waals surface area contributed by atoms with E-state index in [1.807, 2.05) is 0 Å². The van der Waals surface area contributed by atoms with Gasteiger partial charge >= 0.3 is 24.3 Å². The monoisotopic (exact) mass is 507 g/mol. The van der Waals surface area contributed by atoms with Gasteiger partial charge in [0.2, 0.25) is 5.89 Å². The highest BCUT2D eigenvalue weighted by molar-refractivity contribution is 5.90. The molecule has 1 saturated carbocycles. The Kier molecular flexibility index (Phi) is 5.97. The van der Waals surface area contributed by atoms with Crippen LogP contribution in [0.1, 0.15) is 41.4 Å². The lowest BCUT2D eigenvalue weighted by molar-refractivity contribution is -0.274. The number of likely N-dealkylation sites (tertiary alicyclic amines) is 1. The summed E-state index contributed by atoms with van der Waals surface area (Å²) in [5, 5.41) is 27.8. The normalized spacial score (nSPS) is 19.9. The molecule has 36 heavy (non-hydrogen) atoms. The van der Waals surface area contributed by atoms with Crippen LogP contribution in [0.25, 0.3) is 11.5 Å². The van der Waals surface area contributed by atoms with Crippen LogP contribution < -0.4 is 10.1 Å².